The summed E-state index contributed by atoms with van der Waals surface area (Å²) in [6, 6.07) is 5.65. The van der Waals surface area contributed by atoms with Crippen LogP contribution >= 0.6 is 22.6 Å². The molecule has 66 valence electrons. The molecule has 0 aliphatic carbocycles. The fourth-order valence-corrected chi connectivity index (χ4v) is 1.92. The molecule has 0 bridgehead atoms. The lowest BCUT2D eigenvalue weighted by molar-refractivity contribution is 0.842. The Labute approximate surface area is 88.6 Å². The Kier molecular flexibility index (Phi) is 2.07. The van der Waals surface area contributed by atoms with Crippen LogP contribution in [0.4, 0.5) is 0 Å². The minimum Gasteiger partial charge on any atom is -0.302 e. The lowest BCUT2D eigenvalue weighted by Crippen LogP contribution is -2.17. The van der Waals surface area contributed by atoms with Gasteiger partial charge in [-0.2, -0.15) is 0 Å². The fourth-order valence-electron chi connectivity index (χ4n) is 1.21. The molecule has 0 saturated heterocycles. The number of halogens is 1. The van der Waals surface area contributed by atoms with E-state index in [0.717, 1.165) is 9.09 Å². The molecule has 1 aromatic carbocycles. The maximum absolute atomic E-state index is 11.7. The van der Waals surface area contributed by atoms with Gasteiger partial charge in [0.2, 0.25) is 0 Å². The Morgan fingerprint density at radius 3 is 3.00 bits per heavy atom. The van der Waals surface area contributed by atoms with Crippen LogP contribution < -0.4 is 5.56 Å². The van der Waals surface area contributed by atoms with E-state index in [4.69, 9.17) is 0 Å². The molecule has 4 heteroatoms. The van der Waals surface area contributed by atoms with Crippen molar-refractivity contribution >= 4 is 33.5 Å². The van der Waals surface area contributed by atoms with Crippen LogP contribution in [0, 0.1) is 3.57 Å². The Balaban J connectivity index is 3.06. The van der Waals surface area contributed by atoms with Gasteiger partial charge in [0.25, 0.3) is 5.56 Å². The molecule has 1 aromatic heterocycles. The van der Waals surface area contributed by atoms with E-state index in [2.05, 4.69) is 27.6 Å². The molecule has 1 heterocycles. The number of benzene rings is 1. The minimum atomic E-state index is 0.00926. The molecule has 2 aromatic rings. The summed E-state index contributed by atoms with van der Waals surface area (Å²) in [4.78, 5) is 15.8. The monoisotopic (exact) mass is 286 g/mol. The Bertz CT molecular complexity index is 518. The van der Waals surface area contributed by atoms with Gasteiger partial charge < -0.3 is 4.57 Å². The third-order valence-corrected chi connectivity index (χ3v) is 2.79. The van der Waals surface area contributed by atoms with Crippen LogP contribution in [-0.2, 0) is 7.05 Å². The Morgan fingerprint density at radius 2 is 2.23 bits per heavy atom. The van der Waals surface area contributed by atoms with Crippen molar-refractivity contribution in [2.75, 3.05) is 0 Å². The molecule has 0 amide bonds. The Hall–Kier alpha value is -0.910. The summed E-state index contributed by atoms with van der Waals surface area (Å²) in [7, 11) is 1.71. The van der Waals surface area contributed by atoms with Gasteiger partial charge in [0.1, 0.15) is 0 Å². The third kappa shape index (κ3) is 1.35. The number of fused-ring (bicyclic) bond motifs is 1. The number of hydrogen-bond donors (Lipinski definition) is 0. The first-order valence-corrected chi connectivity index (χ1v) is 4.88. The summed E-state index contributed by atoms with van der Waals surface area (Å²) in [5.74, 6) is 0. The molecule has 0 atom stereocenters. The largest absolute Gasteiger partial charge is 0.302 e. The van der Waals surface area contributed by atoms with Gasteiger partial charge in [0.05, 0.1) is 17.2 Å². The van der Waals surface area contributed by atoms with Gasteiger partial charge in [-0.05, 0) is 34.7 Å². The van der Waals surface area contributed by atoms with Crippen molar-refractivity contribution in [3.8, 4) is 0 Å². The zero-order valence-electron chi connectivity index (χ0n) is 6.99. The number of rotatable bonds is 0. The second kappa shape index (κ2) is 3.10. The first kappa shape index (κ1) is 8.68. The number of aromatic nitrogens is 2. The van der Waals surface area contributed by atoms with E-state index in [9.17, 15) is 4.79 Å². The zero-order valence-corrected chi connectivity index (χ0v) is 9.15. The van der Waals surface area contributed by atoms with Gasteiger partial charge in [-0.3, -0.25) is 4.79 Å². The fraction of sp³-hybridized carbons (Fsp3) is 0.111. The number of aryl methyl sites for hydroxylation is 1. The molecule has 0 aliphatic heterocycles. The van der Waals surface area contributed by atoms with Crippen molar-refractivity contribution in [1.82, 2.24) is 9.55 Å². The van der Waals surface area contributed by atoms with E-state index >= 15 is 0 Å². The Morgan fingerprint density at radius 1 is 1.46 bits per heavy atom. The van der Waals surface area contributed by atoms with Crippen molar-refractivity contribution in [3.63, 3.8) is 0 Å². The standard InChI is InChI=1S/C9H7IN2O/c1-12-5-11-7-4-2-3-6(10)8(7)9(12)13/h2-5H,1H3. The molecule has 0 radical (unpaired) electrons. The van der Waals surface area contributed by atoms with Crippen molar-refractivity contribution in [3.05, 3.63) is 38.5 Å². The lowest BCUT2D eigenvalue weighted by atomic mass is 10.2. The SMILES string of the molecule is Cn1cnc2cccc(I)c2c1=O. The molecule has 0 saturated carbocycles. The molecular weight excluding hydrogens is 279 g/mol. The maximum atomic E-state index is 11.7. The van der Waals surface area contributed by atoms with Gasteiger partial charge in [-0.25, -0.2) is 4.98 Å². The predicted octanol–water partition coefficient (Wildman–Crippen LogP) is 1.54. The smallest absolute Gasteiger partial charge is 0.261 e. The van der Waals surface area contributed by atoms with Crippen molar-refractivity contribution < 1.29 is 0 Å². The minimum absolute atomic E-state index is 0.00926. The highest BCUT2D eigenvalue weighted by Crippen LogP contribution is 2.13. The summed E-state index contributed by atoms with van der Waals surface area (Å²) >= 11 is 2.15. The second-order valence-corrected chi connectivity index (χ2v) is 3.96. The van der Waals surface area contributed by atoms with Crippen molar-refractivity contribution in [2.24, 2.45) is 7.05 Å². The predicted molar refractivity (Wildman–Crippen MR) is 59.7 cm³/mol. The van der Waals surface area contributed by atoms with E-state index in [-0.39, 0.29) is 5.56 Å². The molecular formula is C9H7IN2O. The van der Waals surface area contributed by atoms with Crippen LogP contribution in [0.3, 0.4) is 0 Å². The van der Waals surface area contributed by atoms with Crippen LogP contribution in [0.25, 0.3) is 10.9 Å². The van der Waals surface area contributed by atoms with Gasteiger partial charge >= 0.3 is 0 Å². The summed E-state index contributed by atoms with van der Waals surface area (Å²) < 4.78 is 2.44. The first-order chi connectivity index (χ1) is 6.20. The van der Waals surface area contributed by atoms with Crippen LogP contribution in [0.1, 0.15) is 0 Å². The average Bonchev–Trinajstić information content (AvgIpc) is 2.12. The molecule has 0 N–H and O–H groups in total. The molecule has 0 spiro atoms. The van der Waals surface area contributed by atoms with E-state index in [0.29, 0.717) is 5.39 Å². The van der Waals surface area contributed by atoms with E-state index < -0.39 is 0 Å². The van der Waals surface area contributed by atoms with Crippen molar-refractivity contribution in [1.29, 1.82) is 0 Å². The second-order valence-electron chi connectivity index (χ2n) is 2.79. The molecule has 0 aliphatic rings. The summed E-state index contributed by atoms with van der Waals surface area (Å²) in [6.45, 7) is 0. The van der Waals surface area contributed by atoms with Crippen LogP contribution in [0.5, 0.6) is 0 Å². The first-order valence-electron chi connectivity index (χ1n) is 3.80. The normalized spacial score (nSPS) is 10.6. The highest BCUT2D eigenvalue weighted by molar-refractivity contribution is 14.1. The van der Waals surface area contributed by atoms with Crippen LogP contribution in [0.15, 0.2) is 29.3 Å². The lowest BCUT2D eigenvalue weighted by Gasteiger charge is -2.00. The quantitative estimate of drug-likeness (QED) is 0.689. The number of hydrogen-bond acceptors (Lipinski definition) is 2. The van der Waals surface area contributed by atoms with Gasteiger partial charge in [-0.15, -0.1) is 0 Å². The summed E-state index contributed by atoms with van der Waals surface area (Å²) in [5.41, 5.74) is 0.769. The van der Waals surface area contributed by atoms with Gasteiger partial charge in [-0.1, -0.05) is 6.07 Å². The molecule has 3 nitrogen and oxygen atoms in total. The van der Waals surface area contributed by atoms with E-state index in [1.54, 1.807) is 13.4 Å². The molecule has 2 rings (SSSR count). The van der Waals surface area contributed by atoms with Crippen LogP contribution in [0.2, 0.25) is 0 Å². The van der Waals surface area contributed by atoms with E-state index in [1.807, 2.05) is 18.2 Å². The molecule has 0 fully saturated rings. The van der Waals surface area contributed by atoms with Gasteiger partial charge in [0, 0.05) is 10.6 Å². The topological polar surface area (TPSA) is 34.9 Å². The third-order valence-electron chi connectivity index (χ3n) is 1.90. The molecule has 0 unspecified atom stereocenters. The maximum Gasteiger partial charge on any atom is 0.261 e. The summed E-state index contributed by atoms with van der Waals surface area (Å²) in [5, 5.41) is 0.702. The highest BCUT2D eigenvalue weighted by atomic mass is 127. The van der Waals surface area contributed by atoms with Gasteiger partial charge in [0.15, 0.2) is 0 Å². The average molecular weight is 286 g/mol. The van der Waals surface area contributed by atoms with E-state index in [1.165, 1.54) is 4.57 Å². The number of nitrogens with zero attached hydrogens (tertiary/aromatic N) is 2. The zero-order chi connectivity index (χ0) is 9.42. The summed E-state index contributed by atoms with van der Waals surface area (Å²) in [6.07, 6.45) is 1.54. The van der Waals surface area contributed by atoms with Crippen LogP contribution in [-0.4, -0.2) is 9.55 Å². The highest BCUT2D eigenvalue weighted by Gasteiger charge is 2.03. The van der Waals surface area contributed by atoms with Crippen molar-refractivity contribution in [2.45, 2.75) is 0 Å². The molecule has 13 heavy (non-hydrogen) atoms.